The number of benzene rings is 2. The molecule has 0 saturated heterocycles. The zero-order valence-corrected chi connectivity index (χ0v) is 14.4. The molecule has 2 aromatic carbocycles. The number of nitrogens with one attached hydrogen (secondary N) is 1. The van der Waals surface area contributed by atoms with Crippen molar-refractivity contribution in [2.24, 2.45) is 0 Å². The molecule has 0 unspecified atom stereocenters. The van der Waals surface area contributed by atoms with Crippen LogP contribution in [0.1, 0.15) is 16.7 Å². The van der Waals surface area contributed by atoms with Crippen LogP contribution in [-0.2, 0) is 23.8 Å². The van der Waals surface area contributed by atoms with E-state index in [9.17, 15) is 18.0 Å². The highest BCUT2D eigenvalue weighted by atomic mass is 19.4. The molecule has 1 amide bonds. The predicted octanol–water partition coefficient (Wildman–Crippen LogP) is 3.79. The van der Waals surface area contributed by atoms with Crippen LogP contribution in [0.3, 0.4) is 0 Å². The summed E-state index contributed by atoms with van der Waals surface area (Å²) < 4.78 is 39.9. The van der Waals surface area contributed by atoms with Crippen molar-refractivity contribution >= 4 is 5.91 Å². The van der Waals surface area contributed by atoms with Crippen LogP contribution in [0.2, 0.25) is 0 Å². The van der Waals surface area contributed by atoms with Gasteiger partial charge in [-0.25, -0.2) is 4.68 Å². The molecule has 4 nitrogen and oxygen atoms in total. The number of rotatable bonds is 6. The van der Waals surface area contributed by atoms with E-state index >= 15 is 0 Å². The Hall–Kier alpha value is -3.09. The SMILES string of the molecule is O=C(Cc1cccc(C(F)(F)F)c1)NCCc1ccc(-n2cccn2)cc1. The Balaban J connectivity index is 1.48. The summed E-state index contributed by atoms with van der Waals surface area (Å²) in [5, 5.41) is 6.89. The van der Waals surface area contributed by atoms with Crippen molar-refractivity contribution in [3.63, 3.8) is 0 Å². The van der Waals surface area contributed by atoms with Crippen molar-refractivity contribution in [2.75, 3.05) is 6.54 Å². The van der Waals surface area contributed by atoms with Gasteiger partial charge in [-0.05, 0) is 41.8 Å². The second-order valence-electron chi connectivity index (χ2n) is 6.09. The standard InChI is InChI=1S/C20H18F3N3O/c21-20(22,23)17-4-1-3-16(13-17)14-19(27)24-11-9-15-5-7-18(8-6-15)26-12-2-10-25-26/h1-8,10,12-13H,9,11,14H2,(H,24,27). The van der Waals surface area contributed by atoms with E-state index in [0.717, 1.165) is 23.4 Å². The van der Waals surface area contributed by atoms with E-state index < -0.39 is 11.7 Å². The highest BCUT2D eigenvalue weighted by molar-refractivity contribution is 5.78. The van der Waals surface area contributed by atoms with Crippen molar-refractivity contribution in [1.82, 2.24) is 15.1 Å². The molecule has 0 spiro atoms. The lowest BCUT2D eigenvalue weighted by Gasteiger charge is -2.09. The van der Waals surface area contributed by atoms with Gasteiger partial charge in [-0.2, -0.15) is 18.3 Å². The first-order chi connectivity index (χ1) is 12.9. The largest absolute Gasteiger partial charge is 0.416 e. The maximum atomic E-state index is 12.7. The molecule has 0 bridgehead atoms. The maximum absolute atomic E-state index is 12.7. The van der Waals surface area contributed by atoms with Gasteiger partial charge in [-0.3, -0.25) is 4.79 Å². The highest BCUT2D eigenvalue weighted by Gasteiger charge is 2.30. The number of hydrogen-bond donors (Lipinski definition) is 1. The third kappa shape index (κ3) is 5.20. The molecule has 0 fully saturated rings. The van der Waals surface area contributed by atoms with Gasteiger partial charge in [-0.15, -0.1) is 0 Å². The Kier molecular flexibility index (Phi) is 5.59. The zero-order chi connectivity index (χ0) is 19.3. The summed E-state index contributed by atoms with van der Waals surface area (Å²) in [5.74, 6) is -0.303. The monoisotopic (exact) mass is 373 g/mol. The Labute approximate surface area is 154 Å². The summed E-state index contributed by atoms with van der Waals surface area (Å²) in [7, 11) is 0. The van der Waals surface area contributed by atoms with Crippen LogP contribution in [-0.4, -0.2) is 22.2 Å². The van der Waals surface area contributed by atoms with Gasteiger partial charge in [0, 0.05) is 18.9 Å². The molecule has 0 radical (unpaired) electrons. The van der Waals surface area contributed by atoms with Gasteiger partial charge >= 0.3 is 6.18 Å². The van der Waals surface area contributed by atoms with E-state index in [1.54, 1.807) is 10.9 Å². The Morgan fingerprint density at radius 1 is 1.04 bits per heavy atom. The first-order valence-corrected chi connectivity index (χ1v) is 8.43. The van der Waals surface area contributed by atoms with Gasteiger partial charge in [0.2, 0.25) is 5.91 Å². The molecular weight excluding hydrogens is 355 g/mol. The number of nitrogens with zero attached hydrogens (tertiary/aromatic N) is 2. The van der Waals surface area contributed by atoms with Gasteiger partial charge in [0.25, 0.3) is 0 Å². The maximum Gasteiger partial charge on any atom is 0.416 e. The average molecular weight is 373 g/mol. The molecule has 1 heterocycles. The molecule has 3 aromatic rings. The molecule has 1 aromatic heterocycles. The summed E-state index contributed by atoms with van der Waals surface area (Å²) in [6, 6.07) is 14.5. The number of carbonyl (C=O) groups excluding carboxylic acids is 1. The molecule has 140 valence electrons. The van der Waals surface area contributed by atoms with Gasteiger partial charge in [0.1, 0.15) is 0 Å². The lowest BCUT2D eigenvalue weighted by Crippen LogP contribution is -2.27. The van der Waals surface area contributed by atoms with Gasteiger partial charge in [-0.1, -0.05) is 30.3 Å². The number of aromatic nitrogens is 2. The fourth-order valence-electron chi connectivity index (χ4n) is 2.69. The second kappa shape index (κ2) is 8.07. The lowest BCUT2D eigenvalue weighted by atomic mass is 10.1. The van der Waals surface area contributed by atoms with E-state index in [0.29, 0.717) is 18.5 Å². The quantitative estimate of drug-likeness (QED) is 0.715. The molecule has 27 heavy (non-hydrogen) atoms. The van der Waals surface area contributed by atoms with Crippen LogP contribution in [0.15, 0.2) is 67.0 Å². The zero-order valence-electron chi connectivity index (χ0n) is 14.4. The van der Waals surface area contributed by atoms with Crippen molar-refractivity contribution < 1.29 is 18.0 Å². The van der Waals surface area contributed by atoms with Crippen molar-refractivity contribution in [2.45, 2.75) is 19.0 Å². The minimum Gasteiger partial charge on any atom is -0.355 e. The Bertz CT molecular complexity index is 888. The summed E-state index contributed by atoms with van der Waals surface area (Å²) in [6.45, 7) is 0.416. The molecule has 0 aliphatic carbocycles. The summed E-state index contributed by atoms with van der Waals surface area (Å²) in [6.07, 6.45) is -0.304. The van der Waals surface area contributed by atoms with E-state index in [2.05, 4.69) is 10.4 Å². The summed E-state index contributed by atoms with van der Waals surface area (Å²) in [4.78, 5) is 12.0. The smallest absolute Gasteiger partial charge is 0.355 e. The van der Waals surface area contributed by atoms with E-state index in [-0.39, 0.29) is 12.3 Å². The molecule has 1 N–H and O–H groups in total. The number of hydrogen-bond acceptors (Lipinski definition) is 2. The third-order valence-electron chi connectivity index (χ3n) is 4.06. The first kappa shape index (κ1) is 18.7. The van der Waals surface area contributed by atoms with E-state index in [4.69, 9.17) is 0 Å². The minimum absolute atomic E-state index is 0.0812. The first-order valence-electron chi connectivity index (χ1n) is 8.43. The van der Waals surface area contributed by atoms with Crippen LogP contribution in [0.4, 0.5) is 13.2 Å². The van der Waals surface area contributed by atoms with Crippen molar-refractivity contribution in [3.8, 4) is 5.69 Å². The number of amides is 1. The number of alkyl halides is 3. The summed E-state index contributed by atoms with van der Waals surface area (Å²) in [5.41, 5.74) is 1.58. The minimum atomic E-state index is -4.41. The lowest BCUT2D eigenvalue weighted by molar-refractivity contribution is -0.137. The summed E-state index contributed by atoms with van der Waals surface area (Å²) >= 11 is 0. The predicted molar refractivity (Wildman–Crippen MR) is 95.4 cm³/mol. The number of halogens is 3. The highest BCUT2D eigenvalue weighted by Crippen LogP contribution is 2.29. The van der Waals surface area contributed by atoms with Crippen LogP contribution >= 0.6 is 0 Å². The second-order valence-corrected chi connectivity index (χ2v) is 6.09. The van der Waals surface area contributed by atoms with Crippen molar-refractivity contribution in [3.05, 3.63) is 83.7 Å². The van der Waals surface area contributed by atoms with Gasteiger partial charge in [0.15, 0.2) is 0 Å². The fraction of sp³-hybridized carbons (Fsp3) is 0.200. The van der Waals surface area contributed by atoms with Crippen LogP contribution in [0.25, 0.3) is 5.69 Å². The van der Waals surface area contributed by atoms with Crippen molar-refractivity contribution in [1.29, 1.82) is 0 Å². The number of carbonyl (C=O) groups is 1. The van der Waals surface area contributed by atoms with Crippen LogP contribution in [0, 0.1) is 0 Å². The fourth-order valence-corrected chi connectivity index (χ4v) is 2.69. The van der Waals surface area contributed by atoms with Gasteiger partial charge in [0.05, 0.1) is 17.7 Å². The molecule has 0 aliphatic rings. The topological polar surface area (TPSA) is 46.9 Å². The Morgan fingerprint density at radius 3 is 2.48 bits per heavy atom. The molecule has 0 aliphatic heterocycles. The molecule has 0 atom stereocenters. The molecule has 0 saturated carbocycles. The third-order valence-corrected chi connectivity index (χ3v) is 4.06. The molecule has 7 heteroatoms. The Morgan fingerprint density at radius 2 is 1.81 bits per heavy atom. The van der Waals surface area contributed by atoms with Crippen LogP contribution in [0.5, 0.6) is 0 Å². The van der Waals surface area contributed by atoms with Crippen LogP contribution < -0.4 is 5.32 Å². The normalized spacial score (nSPS) is 11.4. The van der Waals surface area contributed by atoms with Gasteiger partial charge < -0.3 is 5.32 Å². The molecular formula is C20H18F3N3O. The average Bonchev–Trinajstić information content (AvgIpc) is 3.16. The van der Waals surface area contributed by atoms with E-state index in [1.807, 2.05) is 36.5 Å². The van der Waals surface area contributed by atoms with E-state index in [1.165, 1.54) is 12.1 Å². The molecule has 3 rings (SSSR count).